The third-order valence-electron chi connectivity index (χ3n) is 2.74. The number of alkyl halides is 1. The Labute approximate surface area is 95.4 Å². The molecule has 1 heterocycles. The molecule has 1 amide bonds. The highest BCUT2D eigenvalue weighted by atomic mass is 35.5. The van der Waals surface area contributed by atoms with E-state index in [1.165, 1.54) is 0 Å². The summed E-state index contributed by atoms with van der Waals surface area (Å²) in [5.74, 6) is 1.72. The van der Waals surface area contributed by atoms with E-state index in [1.54, 1.807) is 11.8 Å². The average molecular weight is 236 g/mol. The van der Waals surface area contributed by atoms with E-state index in [-0.39, 0.29) is 11.3 Å². The van der Waals surface area contributed by atoms with Gasteiger partial charge in [0.15, 0.2) is 0 Å². The topological polar surface area (TPSA) is 20.3 Å². The second-order valence-electron chi connectivity index (χ2n) is 3.86. The number of halogens is 1. The van der Waals surface area contributed by atoms with Crippen molar-refractivity contribution in [2.45, 2.75) is 25.1 Å². The second kappa shape index (κ2) is 5.86. The van der Waals surface area contributed by atoms with E-state index >= 15 is 0 Å². The molecule has 0 spiro atoms. The highest BCUT2D eigenvalue weighted by Crippen LogP contribution is 2.22. The van der Waals surface area contributed by atoms with Crippen molar-refractivity contribution in [3.63, 3.8) is 0 Å². The zero-order valence-corrected chi connectivity index (χ0v) is 10.4. The molecule has 0 aromatic heterocycles. The van der Waals surface area contributed by atoms with Crippen LogP contribution in [-0.4, -0.2) is 41.3 Å². The predicted octanol–water partition coefficient (Wildman–Crippen LogP) is 2.22. The van der Waals surface area contributed by atoms with Crippen LogP contribution in [0.15, 0.2) is 0 Å². The van der Waals surface area contributed by atoms with Crippen molar-refractivity contribution >= 4 is 29.3 Å². The van der Waals surface area contributed by atoms with E-state index in [0.717, 1.165) is 25.3 Å². The van der Waals surface area contributed by atoms with Crippen molar-refractivity contribution in [3.05, 3.63) is 0 Å². The van der Waals surface area contributed by atoms with E-state index in [0.29, 0.717) is 12.3 Å². The normalized spacial score (nSPS) is 27.8. The summed E-state index contributed by atoms with van der Waals surface area (Å²) in [6.45, 7) is 3.77. The molecule has 4 heteroatoms. The number of carbonyl (C=O) groups excluding carboxylic acids is 1. The molecule has 1 fully saturated rings. The van der Waals surface area contributed by atoms with E-state index < -0.39 is 0 Å². The Hall–Kier alpha value is 0.110. The Bertz CT molecular complexity index is 201. The van der Waals surface area contributed by atoms with Gasteiger partial charge in [0.05, 0.1) is 5.38 Å². The van der Waals surface area contributed by atoms with Crippen molar-refractivity contribution in [1.29, 1.82) is 0 Å². The molecule has 0 N–H and O–H groups in total. The highest BCUT2D eigenvalue weighted by molar-refractivity contribution is 7.98. The summed E-state index contributed by atoms with van der Waals surface area (Å²) >= 11 is 7.86. The lowest BCUT2D eigenvalue weighted by atomic mass is 9.98. The molecule has 0 radical (unpaired) electrons. The van der Waals surface area contributed by atoms with Crippen LogP contribution < -0.4 is 0 Å². The maximum absolute atomic E-state index is 11.7. The minimum absolute atomic E-state index is 0.141. The van der Waals surface area contributed by atoms with Crippen LogP contribution in [0.3, 0.4) is 0 Å². The molecule has 1 aliphatic rings. The second-order valence-corrected chi connectivity index (χ2v) is 5.41. The summed E-state index contributed by atoms with van der Waals surface area (Å²) < 4.78 is 0. The summed E-state index contributed by atoms with van der Waals surface area (Å²) in [4.78, 5) is 13.6. The lowest BCUT2D eigenvalue weighted by Crippen LogP contribution is -2.43. The van der Waals surface area contributed by atoms with Crippen LogP contribution in [0, 0.1) is 5.92 Å². The van der Waals surface area contributed by atoms with Gasteiger partial charge < -0.3 is 4.90 Å². The van der Waals surface area contributed by atoms with Gasteiger partial charge in [-0.2, -0.15) is 11.8 Å². The SMILES string of the molecule is CSCCC(=O)N1CCC(C)C(Cl)C1. The van der Waals surface area contributed by atoms with Gasteiger partial charge in [-0.15, -0.1) is 11.6 Å². The number of amides is 1. The molecule has 0 aliphatic carbocycles. The van der Waals surface area contributed by atoms with E-state index in [2.05, 4.69) is 6.92 Å². The lowest BCUT2D eigenvalue weighted by molar-refractivity contribution is -0.131. The van der Waals surface area contributed by atoms with Crippen LogP contribution in [0.2, 0.25) is 0 Å². The molecule has 0 saturated carbocycles. The molecule has 2 atom stereocenters. The fourth-order valence-electron chi connectivity index (χ4n) is 1.60. The van der Waals surface area contributed by atoms with Crippen LogP contribution in [-0.2, 0) is 4.79 Å². The summed E-state index contributed by atoms with van der Waals surface area (Å²) in [7, 11) is 0. The Morgan fingerprint density at radius 2 is 2.36 bits per heavy atom. The summed E-state index contributed by atoms with van der Waals surface area (Å²) in [5.41, 5.74) is 0. The molecule has 1 saturated heterocycles. The van der Waals surface area contributed by atoms with E-state index in [9.17, 15) is 4.79 Å². The first-order valence-electron chi connectivity index (χ1n) is 5.06. The van der Waals surface area contributed by atoms with Gasteiger partial charge in [-0.1, -0.05) is 6.92 Å². The lowest BCUT2D eigenvalue weighted by Gasteiger charge is -2.34. The first-order valence-corrected chi connectivity index (χ1v) is 6.89. The molecule has 82 valence electrons. The third kappa shape index (κ3) is 3.35. The fraction of sp³-hybridized carbons (Fsp3) is 0.900. The van der Waals surface area contributed by atoms with Crippen LogP contribution >= 0.6 is 23.4 Å². The highest BCUT2D eigenvalue weighted by Gasteiger charge is 2.26. The minimum atomic E-state index is 0.141. The Balaban J connectivity index is 2.34. The average Bonchev–Trinajstić information content (AvgIpc) is 2.18. The molecule has 2 unspecified atom stereocenters. The first kappa shape index (κ1) is 12.2. The van der Waals surface area contributed by atoms with Crippen molar-refractivity contribution in [3.8, 4) is 0 Å². The monoisotopic (exact) mass is 235 g/mol. The minimum Gasteiger partial charge on any atom is -0.341 e. The van der Waals surface area contributed by atoms with Crippen molar-refractivity contribution in [2.24, 2.45) is 5.92 Å². The van der Waals surface area contributed by atoms with Gasteiger partial charge in [0, 0.05) is 25.3 Å². The number of rotatable bonds is 3. The molecule has 0 bridgehead atoms. The molecular weight excluding hydrogens is 218 g/mol. The molecule has 14 heavy (non-hydrogen) atoms. The zero-order valence-electron chi connectivity index (χ0n) is 8.83. The van der Waals surface area contributed by atoms with Crippen molar-refractivity contribution in [2.75, 3.05) is 25.1 Å². The Morgan fingerprint density at radius 3 is 2.93 bits per heavy atom. The van der Waals surface area contributed by atoms with Crippen molar-refractivity contribution < 1.29 is 4.79 Å². The quantitative estimate of drug-likeness (QED) is 0.700. The summed E-state index contributed by atoms with van der Waals surface area (Å²) in [6.07, 6.45) is 3.72. The maximum atomic E-state index is 11.7. The van der Waals surface area contributed by atoms with Gasteiger partial charge in [0.1, 0.15) is 0 Å². The van der Waals surface area contributed by atoms with Gasteiger partial charge in [-0.05, 0) is 18.6 Å². The van der Waals surface area contributed by atoms with E-state index in [1.807, 2.05) is 11.2 Å². The molecule has 1 rings (SSSR count). The fourth-order valence-corrected chi connectivity index (χ4v) is 2.27. The van der Waals surface area contributed by atoms with Crippen molar-refractivity contribution in [1.82, 2.24) is 4.90 Å². The summed E-state index contributed by atoms with van der Waals surface area (Å²) in [5, 5.41) is 0.141. The van der Waals surface area contributed by atoms with Gasteiger partial charge in [-0.25, -0.2) is 0 Å². The predicted molar refractivity (Wildman–Crippen MR) is 63.0 cm³/mol. The molecular formula is C10H18ClNOS. The summed E-state index contributed by atoms with van der Waals surface area (Å²) in [6, 6.07) is 0. The van der Waals surface area contributed by atoms with Crippen LogP contribution in [0.5, 0.6) is 0 Å². The maximum Gasteiger partial charge on any atom is 0.223 e. The standard InChI is InChI=1S/C10H18ClNOS/c1-8-3-5-12(7-9(8)11)10(13)4-6-14-2/h8-9H,3-7H2,1-2H3. The number of thioether (sulfide) groups is 1. The number of hydrogen-bond acceptors (Lipinski definition) is 2. The zero-order chi connectivity index (χ0) is 10.6. The first-order chi connectivity index (χ1) is 6.65. The number of nitrogens with zero attached hydrogens (tertiary/aromatic N) is 1. The van der Waals surface area contributed by atoms with Gasteiger partial charge in [-0.3, -0.25) is 4.79 Å². The molecule has 2 nitrogen and oxygen atoms in total. The number of piperidine rings is 1. The Morgan fingerprint density at radius 1 is 1.64 bits per heavy atom. The van der Waals surface area contributed by atoms with Crippen LogP contribution in [0.25, 0.3) is 0 Å². The van der Waals surface area contributed by atoms with E-state index in [4.69, 9.17) is 11.6 Å². The van der Waals surface area contributed by atoms with Gasteiger partial charge in [0.25, 0.3) is 0 Å². The molecule has 0 aromatic carbocycles. The van der Waals surface area contributed by atoms with Gasteiger partial charge in [0.2, 0.25) is 5.91 Å². The van der Waals surface area contributed by atoms with Gasteiger partial charge >= 0.3 is 0 Å². The smallest absolute Gasteiger partial charge is 0.223 e. The van der Waals surface area contributed by atoms with Crippen LogP contribution in [0.4, 0.5) is 0 Å². The molecule has 0 aromatic rings. The Kier molecular flexibility index (Phi) is 5.10. The largest absolute Gasteiger partial charge is 0.341 e. The molecule has 1 aliphatic heterocycles. The van der Waals surface area contributed by atoms with Crippen LogP contribution in [0.1, 0.15) is 19.8 Å². The third-order valence-corrected chi connectivity index (χ3v) is 3.92. The number of likely N-dealkylation sites (tertiary alicyclic amines) is 1. The number of carbonyl (C=O) groups is 1. The number of hydrogen-bond donors (Lipinski definition) is 0.